The van der Waals surface area contributed by atoms with Crippen LogP contribution in [0.1, 0.15) is 60.8 Å². The van der Waals surface area contributed by atoms with Gasteiger partial charge in [-0.2, -0.15) is 0 Å². The molecule has 1 aliphatic rings. The minimum Gasteiger partial charge on any atom is -0.416 e. The van der Waals surface area contributed by atoms with Crippen molar-refractivity contribution in [2.24, 2.45) is 28.8 Å². The van der Waals surface area contributed by atoms with Gasteiger partial charge in [0.2, 0.25) is 0 Å². The Hall–Kier alpha value is -0.773. The summed E-state index contributed by atoms with van der Waals surface area (Å²) < 4.78 is 6.27. The Kier molecular flexibility index (Phi) is 8.24. The van der Waals surface area contributed by atoms with Crippen LogP contribution in [0.5, 0.6) is 0 Å². The summed E-state index contributed by atoms with van der Waals surface area (Å²) in [6.07, 6.45) is 8.30. The molecule has 0 spiro atoms. The molecule has 0 aromatic carbocycles. The van der Waals surface area contributed by atoms with E-state index < -0.39 is 8.32 Å². The predicted molar refractivity (Wildman–Crippen MR) is 110 cm³/mol. The van der Waals surface area contributed by atoms with Crippen LogP contribution in [0.15, 0.2) is 17.3 Å². The molecule has 4 atom stereocenters. The lowest BCUT2D eigenvalue weighted by Gasteiger charge is -2.37. The lowest BCUT2D eigenvalue weighted by Crippen LogP contribution is -2.42. The van der Waals surface area contributed by atoms with Crippen LogP contribution in [0.2, 0.25) is 18.1 Å². The third-order valence-electron chi connectivity index (χ3n) is 6.28. The number of hydrogen-bond donors (Lipinski definition) is 0. The second kappa shape index (κ2) is 9.25. The Morgan fingerprint density at radius 3 is 2.44 bits per heavy atom. The first-order valence-corrected chi connectivity index (χ1v) is 12.7. The minimum absolute atomic E-state index is 0.166. The van der Waals surface area contributed by atoms with Gasteiger partial charge in [-0.15, -0.1) is 0 Å². The first-order chi connectivity index (χ1) is 11.5. The van der Waals surface area contributed by atoms with E-state index in [1.165, 1.54) is 19.3 Å². The molecule has 0 aliphatic heterocycles. The second-order valence-electron chi connectivity index (χ2n) is 9.72. The van der Waals surface area contributed by atoms with Crippen molar-refractivity contribution >= 4 is 8.32 Å². The van der Waals surface area contributed by atoms with Crippen LogP contribution in [0.3, 0.4) is 0 Å². The Labute approximate surface area is 156 Å². The van der Waals surface area contributed by atoms with E-state index in [-0.39, 0.29) is 11.1 Å². The van der Waals surface area contributed by atoms with Crippen LogP contribution in [0.4, 0.5) is 0 Å². The Bertz CT molecular complexity index is 490. The minimum atomic E-state index is -1.82. The highest BCUT2D eigenvalue weighted by Gasteiger charge is 2.37. The van der Waals surface area contributed by atoms with Crippen molar-refractivity contribution in [1.29, 1.82) is 0 Å². The molecular weight excluding hydrogens is 326 g/mol. The second-order valence-corrected chi connectivity index (χ2v) is 14.5. The summed E-state index contributed by atoms with van der Waals surface area (Å²) in [7, 11) is -1.82. The van der Waals surface area contributed by atoms with E-state index in [1.807, 2.05) is 0 Å². The molecule has 0 heterocycles. The van der Waals surface area contributed by atoms with Crippen LogP contribution < -0.4 is 0 Å². The molecule has 1 rings (SSSR count). The van der Waals surface area contributed by atoms with Gasteiger partial charge in [0.05, 0.1) is 6.04 Å². The van der Waals surface area contributed by atoms with Gasteiger partial charge in [-0.05, 0) is 60.2 Å². The number of hydrogen-bond acceptors (Lipinski definition) is 2. The van der Waals surface area contributed by atoms with Crippen molar-refractivity contribution in [1.82, 2.24) is 0 Å². The number of allylic oxidation sites excluding steroid dienone is 1. The quantitative estimate of drug-likeness (QED) is 0.158. The molecule has 0 bridgehead atoms. The summed E-state index contributed by atoms with van der Waals surface area (Å²) in [6.45, 7) is 18.7. The molecule has 1 saturated carbocycles. The molecule has 5 heteroatoms. The van der Waals surface area contributed by atoms with Gasteiger partial charge in [-0.1, -0.05) is 65.2 Å². The van der Waals surface area contributed by atoms with E-state index in [9.17, 15) is 0 Å². The van der Waals surface area contributed by atoms with Crippen molar-refractivity contribution in [2.75, 3.05) is 6.61 Å². The molecule has 0 saturated heterocycles. The van der Waals surface area contributed by atoms with Gasteiger partial charge in [0.1, 0.15) is 0 Å². The first kappa shape index (κ1) is 22.3. The zero-order chi connectivity index (χ0) is 19.3. The fourth-order valence-corrected chi connectivity index (χ4v) is 4.49. The fraction of sp³-hybridized carbons (Fsp3) is 0.900. The van der Waals surface area contributed by atoms with Crippen molar-refractivity contribution in [3.8, 4) is 0 Å². The van der Waals surface area contributed by atoms with E-state index >= 15 is 0 Å². The van der Waals surface area contributed by atoms with E-state index in [0.717, 1.165) is 11.8 Å². The number of rotatable bonds is 7. The molecule has 1 fully saturated rings. The highest BCUT2D eigenvalue weighted by molar-refractivity contribution is 6.74. The van der Waals surface area contributed by atoms with Gasteiger partial charge in [0.25, 0.3) is 0 Å². The van der Waals surface area contributed by atoms with Gasteiger partial charge in [0.15, 0.2) is 8.32 Å². The molecule has 0 aromatic rings. The van der Waals surface area contributed by atoms with Gasteiger partial charge in [-0.3, -0.25) is 0 Å². The SMILES string of the molecule is CC(C)[C@@H]1CC[C@@H](C)C[C@H]1C=C[C@H](CO[Si](C)(C)C(C)(C)C)N=[N+]=[N-]. The summed E-state index contributed by atoms with van der Waals surface area (Å²) in [5, 5.41) is 4.14. The molecular formula is C20H39N3OSi. The lowest BCUT2D eigenvalue weighted by molar-refractivity contribution is 0.178. The summed E-state index contributed by atoms with van der Waals surface area (Å²) in [4.78, 5) is 3.04. The van der Waals surface area contributed by atoms with Crippen LogP contribution in [0.25, 0.3) is 10.4 Å². The van der Waals surface area contributed by atoms with Crippen LogP contribution in [0, 0.1) is 23.7 Å². The first-order valence-electron chi connectivity index (χ1n) is 9.84. The average molecular weight is 366 g/mol. The Morgan fingerprint density at radius 1 is 1.28 bits per heavy atom. The van der Waals surface area contributed by atoms with Crippen LogP contribution in [-0.2, 0) is 4.43 Å². The molecule has 144 valence electrons. The van der Waals surface area contributed by atoms with Crippen molar-refractivity contribution in [3.05, 3.63) is 22.6 Å². The molecule has 1 aliphatic carbocycles. The topological polar surface area (TPSA) is 58.0 Å². The zero-order valence-corrected chi connectivity index (χ0v) is 18.6. The maximum absolute atomic E-state index is 8.93. The summed E-state index contributed by atoms with van der Waals surface area (Å²) in [6, 6.07) is -0.204. The third kappa shape index (κ3) is 6.80. The van der Waals surface area contributed by atoms with Crippen molar-refractivity contribution in [2.45, 2.75) is 85.0 Å². The molecule has 0 amide bonds. The summed E-state index contributed by atoms with van der Waals surface area (Å²) in [5.74, 6) is 2.81. The van der Waals surface area contributed by atoms with Gasteiger partial charge in [-0.25, -0.2) is 0 Å². The Morgan fingerprint density at radius 2 is 1.92 bits per heavy atom. The lowest BCUT2D eigenvalue weighted by atomic mass is 9.70. The number of azide groups is 1. The largest absolute Gasteiger partial charge is 0.416 e. The molecule has 0 radical (unpaired) electrons. The summed E-state index contributed by atoms with van der Waals surface area (Å²) in [5.41, 5.74) is 8.93. The van der Waals surface area contributed by atoms with Crippen molar-refractivity contribution < 1.29 is 4.43 Å². The van der Waals surface area contributed by atoms with Crippen LogP contribution in [-0.4, -0.2) is 21.0 Å². The van der Waals surface area contributed by atoms with E-state index in [2.05, 4.69) is 76.8 Å². The van der Waals surface area contributed by atoms with E-state index in [4.69, 9.17) is 9.96 Å². The molecule has 0 N–H and O–H groups in total. The van der Waals surface area contributed by atoms with E-state index in [1.54, 1.807) is 0 Å². The number of nitrogens with zero attached hydrogens (tertiary/aromatic N) is 3. The molecule has 0 unspecified atom stereocenters. The highest BCUT2D eigenvalue weighted by atomic mass is 28.4. The monoisotopic (exact) mass is 365 g/mol. The maximum Gasteiger partial charge on any atom is 0.192 e. The fourth-order valence-electron chi connectivity index (χ4n) is 3.47. The average Bonchev–Trinajstić information content (AvgIpc) is 2.48. The maximum atomic E-state index is 8.93. The Balaban J connectivity index is 2.79. The highest BCUT2D eigenvalue weighted by Crippen LogP contribution is 2.39. The predicted octanol–water partition coefficient (Wildman–Crippen LogP) is 6.95. The smallest absolute Gasteiger partial charge is 0.192 e. The third-order valence-corrected chi connectivity index (χ3v) is 10.8. The molecule has 25 heavy (non-hydrogen) atoms. The van der Waals surface area contributed by atoms with Crippen LogP contribution >= 0.6 is 0 Å². The van der Waals surface area contributed by atoms with E-state index in [0.29, 0.717) is 18.4 Å². The van der Waals surface area contributed by atoms with Gasteiger partial charge in [0, 0.05) is 11.5 Å². The van der Waals surface area contributed by atoms with Crippen molar-refractivity contribution in [3.63, 3.8) is 0 Å². The zero-order valence-electron chi connectivity index (χ0n) is 17.6. The van der Waals surface area contributed by atoms with Gasteiger partial charge < -0.3 is 4.43 Å². The summed E-state index contributed by atoms with van der Waals surface area (Å²) >= 11 is 0. The standard InChI is InChI=1S/C20H39N3OSi/c1-15(2)19-12-9-16(3)13-17(19)10-11-18(22-23-21)14-24-25(7,8)20(4,5)6/h10-11,15-19H,9,12-14H2,1-8H3/t16-,17-,18-,19+/m1/s1. The molecule has 0 aromatic heterocycles. The molecule has 4 nitrogen and oxygen atoms in total. The normalized spacial score (nSPS) is 26.7. The van der Waals surface area contributed by atoms with Gasteiger partial charge >= 0.3 is 0 Å².